The predicted molar refractivity (Wildman–Crippen MR) is 101 cm³/mol. The van der Waals surface area contributed by atoms with Crippen molar-refractivity contribution in [1.82, 2.24) is 9.88 Å². The molecule has 6 heteroatoms. The number of benzene rings is 1. The van der Waals surface area contributed by atoms with Crippen LogP contribution in [0.5, 0.6) is 0 Å². The summed E-state index contributed by atoms with van der Waals surface area (Å²) in [4.78, 5) is 34.0. The maximum absolute atomic E-state index is 12.9. The molecule has 4 rings (SSSR count). The van der Waals surface area contributed by atoms with Gasteiger partial charge in [-0.05, 0) is 36.6 Å². The van der Waals surface area contributed by atoms with Gasteiger partial charge in [-0.3, -0.25) is 9.59 Å². The summed E-state index contributed by atoms with van der Waals surface area (Å²) in [5.41, 5.74) is 3.68. The predicted octanol–water partition coefficient (Wildman–Crippen LogP) is 1.95. The van der Waals surface area contributed by atoms with Gasteiger partial charge in [0.15, 0.2) is 0 Å². The van der Waals surface area contributed by atoms with E-state index in [1.54, 1.807) is 17.2 Å². The number of anilines is 2. The third-order valence-electron chi connectivity index (χ3n) is 5.15. The molecule has 0 radical (unpaired) electrons. The van der Waals surface area contributed by atoms with Crippen LogP contribution in [-0.2, 0) is 11.2 Å². The van der Waals surface area contributed by atoms with Gasteiger partial charge < -0.3 is 14.7 Å². The average Bonchev–Trinajstić information content (AvgIpc) is 2.73. The molecule has 2 aliphatic heterocycles. The van der Waals surface area contributed by atoms with Crippen molar-refractivity contribution in [3.8, 4) is 0 Å². The van der Waals surface area contributed by atoms with Crippen LogP contribution in [0.15, 0.2) is 42.6 Å². The molecule has 0 unspecified atom stereocenters. The molecule has 1 saturated heterocycles. The Kier molecular flexibility index (Phi) is 4.56. The van der Waals surface area contributed by atoms with Crippen molar-refractivity contribution in [3.05, 3.63) is 53.9 Å². The molecular formula is C20H22N4O2. The zero-order chi connectivity index (χ0) is 17.9. The first-order valence-corrected chi connectivity index (χ1v) is 9.06. The second kappa shape index (κ2) is 7.15. The molecule has 0 N–H and O–H groups in total. The van der Waals surface area contributed by atoms with Gasteiger partial charge in [0.1, 0.15) is 5.69 Å². The summed E-state index contributed by atoms with van der Waals surface area (Å²) in [5, 5.41) is 0. The number of para-hydroxylation sites is 1. The Balaban J connectivity index is 1.49. The number of carbonyl (C=O) groups excluding carboxylic acids is 2. The van der Waals surface area contributed by atoms with Crippen molar-refractivity contribution in [2.75, 3.05) is 42.5 Å². The van der Waals surface area contributed by atoms with Gasteiger partial charge in [-0.25, -0.2) is 4.98 Å². The quantitative estimate of drug-likeness (QED) is 0.794. The number of nitrogens with zero attached hydrogens (tertiary/aromatic N) is 4. The van der Waals surface area contributed by atoms with Crippen LogP contribution in [0.3, 0.4) is 0 Å². The van der Waals surface area contributed by atoms with Gasteiger partial charge in [0.05, 0.1) is 11.9 Å². The number of hydrogen-bond donors (Lipinski definition) is 0. The van der Waals surface area contributed by atoms with Gasteiger partial charge in [0.25, 0.3) is 5.91 Å². The molecule has 0 bridgehead atoms. The fourth-order valence-corrected chi connectivity index (χ4v) is 3.67. The molecule has 2 amide bonds. The molecular weight excluding hydrogens is 328 g/mol. The first-order chi connectivity index (χ1) is 12.8. The topological polar surface area (TPSA) is 56.8 Å². The number of aryl methyl sites for hydroxylation is 1. The molecule has 0 aliphatic carbocycles. The van der Waals surface area contributed by atoms with E-state index < -0.39 is 0 Å². The molecule has 1 aromatic carbocycles. The van der Waals surface area contributed by atoms with E-state index in [2.05, 4.69) is 16.0 Å². The summed E-state index contributed by atoms with van der Waals surface area (Å²) < 4.78 is 0. The SMILES string of the molecule is O=CN1CCN(c2ccc(C(=O)N3CCCc4ccccc43)nc2)CC1. The van der Waals surface area contributed by atoms with Crippen molar-refractivity contribution < 1.29 is 9.59 Å². The van der Waals surface area contributed by atoms with Crippen LogP contribution in [-0.4, -0.2) is 54.9 Å². The van der Waals surface area contributed by atoms with E-state index in [1.165, 1.54) is 5.56 Å². The molecule has 3 heterocycles. The maximum atomic E-state index is 12.9. The van der Waals surface area contributed by atoms with Gasteiger partial charge in [-0.2, -0.15) is 0 Å². The highest BCUT2D eigenvalue weighted by atomic mass is 16.2. The number of carbonyl (C=O) groups is 2. The number of pyridine rings is 1. The smallest absolute Gasteiger partial charge is 0.276 e. The summed E-state index contributed by atoms with van der Waals surface area (Å²) in [5.74, 6) is -0.0468. The van der Waals surface area contributed by atoms with Crippen molar-refractivity contribution in [2.24, 2.45) is 0 Å². The highest BCUT2D eigenvalue weighted by Crippen LogP contribution is 2.28. The molecule has 26 heavy (non-hydrogen) atoms. The number of rotatable bonds is 3. The maximum Gasteiger partial charge on any atom is 0.276 e. The fourth-order valence-electron chi connectivity index (χ4n) is 3.67. The number of aromatic nitrogens is 1. The summed E-state index contributed by atoms with van der Waals surface area (Å²) in [6.07, 6.45) is 4.65. The van der Waals surface area contributed by atoms with E-state index in [9.17, 15) is 9.59 Å². The first kappa shape index (κ1) is 16.6. The summed E-state index contributed by atoms with van der Waals surface area (Å²) in [6.45, 7) is 3.73. The Bertz CT molecular complexity index is 798. The van der Waals surface area contributed by atoms with Crippen LogP contribution < -0.4 is 9.80 Å². The Morgan fingerprint density at radius 3 is 2.54 bits per heavy atom. The van der Waals surface area contributed by atoms with Crippen LogP contribution in [0, 0.1) is 0 Å². The van der Waals surface area contributed by atoms with Gasteiger partial charge in [-0.1, -0.05) is 18.2 Å². The molecule has 1 fully saturated rings. The van der Waals surface area contributed by atoms with E-state index in [0.717, 1.165) is 63.4 Å². The Hall–Kier alpha value is -2.89. The van der Waals surface area contributed by atoms with E-state index >= 15 is 0 Å². The Morgan fingerprint density at radius 2 is 1.81 bits per heavy atom. The lowest BCUT2D eigenvalue weighted by atomic mass is 10.0. The lowest BCUT2D eigenvalue weighted by Crippen LogP contribution is -2.45. The van der Waals surface area contributed by atoms with Crippen molar-refractivity contribution in [2.45, 2.75) is 12.8 Å². The molecule has 6 nitrogen and oxygen atoms in total. The van der Waals surface area contributed by atoms with Crippen LogP contribution in [0.1, 0.15) is 22.5 Å². The van der Waals surface area contributed by atoms with Crippen LogP contribution in [0.25, 0.3) is 0 Å². The zero-order valence-electron chi connectivity index (χ0n) is 14.7. The van der Waals surface area contributed by atoms with Crippen molar-refractivity contribution in [1.29, 1.82) is 0 Å². The molecule has 1 aromatic heterocycles. The summed E-state index contributed by atoms with van der Waals surface area (Å²) >= 11 is 0. The lowest BCUT2D eigenvalue weighted by molar-refractivity contribution is -0.118. The third-order valence-corrected chi connectivity index (χ3v) is 5.15. The van der Waals surface area contributed by atoms with Gasteiger partial charge in [0.2, 0.25) is 6.41 Å². The first-order valence-electron chi connectivity index (χ1n) is 9.06. The standard InChI is InChI=1S/C20H22N4O2/c25-15-22-10-12-23(13-11-22)17-7-8-18(21-14-17)20(26)24-9-3-5-16-4-1-2-6-19(16)24/h1-2,4,6-8,14-15H,3,5,9-13H2. The third kappa shape index (κ3) is 3.14. The highest BCUT2D eigenvalue weighted by molar-refractivity contribution is 6.05. The second-order valence-corrected chi connectivity index (χ2v) is 6.72. The zero-order valence-corrected chi connectivity index (χ0v) is 14.7. The second-order valence-electron chi connectivity index (χ2n) is 6.72. The largest absolute Gasteiger partial charge is 0.367 e. The number of piperazine rings is 1. The number of hydrogen-bond acceptors (Lipinski definition) is 4. The number of amides is 2. The molecule has 0 spiro atoms. The van der Waals surface area contributed by atoms with Crippen molar-refractivity contribution in [3.63, 3.8) is 0 Å². The number of fused-ring (bicyclic) bond motifs is 1. The average molecular weight is 350 g/mol. The van der Waals surface area contributed by atoms with Gasteiger partial charge in [0, 0.05) is 38.4 Å². The normalized spacial score (nSPS) is 17.0. The monoisotopic (exact) mass is 350 g/mol. The van der Waals surface area contributed by atoms with E-state index in [-0.39, 0.29) is 5.91 Å². The van der Waals surface area contributed by atoms with Crippen LogP contribution in [0.2, 0.25) is 0 Å². The van der Waals surface area contributed by atoms with Crippen LogP contribution in [0.4, 0.5) is 11.4 Å². The van der Waals surface area contributed by atoms with Crippen LogP contribution >= 0.6 is 0 Å². The molecule has 2 aliphatic rings. The fraction of sp³-hybridized carbons (Fsp3) is 0.350. The highest BCUT2D eigenvalue weighted by Gasteiger charge is 2.24. The minimum Gasteiger partial charge on any atom is -0.367 e. The minimum absolute atomic E-state index is 0.0468. The molecule has 134 valence electrons. The molecule has 2 aromatic rings. The molecule has 0 atom stereocenters. The lowest BCUT2D eigenvalue weighted by Gasteiger charge is -2.34. The molecule has 0 saturated carbocycles. The van der Waals surface area contributed by atoms with E-state index in [4.69, 9.17) is 0 Å². The minimum atomic E-state index is -0.0468. The van der Waals surface area contributed by atoms with Gasteiger partial charge in [-0.15, -0.1) is 0 Å². The van der Waals surface area contributed by atoms with Gasteiger partial charge >= 0.3 is 0 Å². The Labute approximate surface area is 153 Å². The summed E-state index contributed by atoms with van der Waals surface area (Å²) in [6, 6.07) is 11.8. The van der Waals surface area contributed by atoms with E-state index in [0.29, 0.717) is 5.69 Å². The van der Waals surface area contributed by atoms with E-state index in [1.807, 2.05) is 29.2 Å². The Morgan fingerprint density at radius 1 is 1.00 bits per heavy atom. The van der Waals surface area contributed by atoms with Crippen molar-refractivity contribution >= 4 is 23.7 Å². The summed E-state index contributed by atoms with van der Waals surface area (Å²) in [7, 11) is 0.